The van der Waals surface area contributed by atoms with Gasteiger partial charge in [-0.3, -0.25) is 0 Å². The number of rotatable bonds is 7. The lowest BCUT2D eigenvalue weighted by Crippen LogP contribution is -2.32. The van der Waals surface area contributed by atoms with Crippen LogP contribution in [0.4, 0.5) is 0 Å². The van der Waals surface area contributed by atoms with E-state index < -0.39 is 10.0 Å². The van der Waals surface area contributed by atoms with Gasteiger partial charge in [-0.1, -0.05) is 0 Å². The van der Waals surface area contributed by atoms with Crippen molar-refractivity contribution in [3.05, 3.63) is 23.8 Å². The Bertz CT molecular complexity index is 500. The maximum Gasteiger partial charge on any atom is 0.213 e. The van der Waals surface area contributed by atoms with Gasteiger partial charge in [0.2, 0.25) is 10.0 Å². The first-order valence-corrected chi connectivity index (χ1v) is 7.70. The van der Waals surface area contributed by atoms with Gasteiger partial charge < -0.3 is 5.32 Å². The summed E-state index contributed by atoms with van der Waals surface area (Å²) < 4.78 is 25.9. The van der Waals surface area contributed by atoms with Gasteiger partial charge in [0.1, 0.15) is 5.82 Å². The summed E-state index contributed by atoms with van der Waals surface area (Å²) >= 11 is 0. The lowest BCUT2D eigenvalue weighted by atomic mass is 10.4. The van der Waals surface area contributed by atoms with Crippen molar-refractivity contribution in [3.8, 4) is 0 Å². The smallest absolute Gasteiger partial charge is 0.213 e. The van der Waals surface area contributed by atoms with E-state index in [9.17, 15) is 8.42 Å². The quantitative estimate of drug-likeness (QED) is 0.726. The zero-order chi connectivity index (χ0) is 13.0. The molecule has 1 aromatic rings. The minimum atomic E-state index is -3.23. The summed E-state index contributed by atoms with van der Waals surface area (Å²) in [6.45, 7) is 2.50. The second-order valence-electron chi connectivity index (χ2n) is 4.46. The summed E-state index contributed by atoms with van der Waals surface area (Å²) in [7, 11) is -3.23. The Hall–Kier alpha value is -1.05. The topological polar surface area (TPSA) is 84.0 Å². The van der Waals surface area contributed by atoms with Gasteiger partial charge in [0.15, 0.2) is 0 Å². The summed E-state index contributed by atoms with van der Waals surface area (Å²) in [6, 6.07) is 2.24. The van der Waals surface area contributed by atoms with E-state index in [2.05, 4.69) is 20.0 Å². The van der Waals surface area contributed by atoms with E-state index in [0.29, 0.717) is 24.1 Å². The van der Waals surface area contributed by atoms with E-state index in [-0.39, 0.29) is 12.3 Å². The van der Waals surface area contributed by atoms with Gasteiger partial charge in [-0.25, -0.2) is 23.1 Å². The molecule has 0 spiro atoms. The van der Waals surface area contributed by atoms with Crippen molar-refractivity contribution < 1.29 is 8.42 Å². The molecule has 1 saturated carbocycles. The molecule has 0 radical (unpaired) electrons. The third-order valence-corrected chi connectivity index (χ3v) is 4.01. The Morgan fingerprint density at radius 1 is 1.44 bits per heavy atom. The Kier molecular flexibility index (Phi) is 4.26. The van der Waals surface area contributed by atoms with Gasteiger partial charge in [-0.15, -0.1) is 0 Å². The molecule has 1 aromatic heterocycles. The molecule has 0 atom stereocenters. The first-order chi connectivity index (χ1) is 8.55. The Labute approximate surface area is 107 Å². The minimum Gasteiger partial charge on any atom is -0.313 e. The van der Waals surface area contributed by atoms with E-state index in [4.69, 9.17) is 0 Å². The van der Waals surface area contributed by atoms with Crippen molar-refractivity contribution >= 4 is 10.0 Å². The van der Waals surface area contributed by atoms with Gasteiger partial charge in [0.25, 0.3) is 0 Å². The van der Waals surface area contributed by atoms with Gasteiger partial charge in [0.05, 0.1) is 18.0 Å². The molecule has 18 heavy (non-hydrogen) atoms. The molecule has 0 aliphatic heterocycles. The zero-order valence-corrected chi connectivity index (χ0v) is 11.2. The molecule has 0 amide bonds. The molecule has 0 saturated heterocycles. The normalized spacial score (nSPS) is 15.8. The molecule has 0 aromatic carbocycles. The number of sulfonamides is 1. The van der Waals surface area contributed by atoms with Crippen LogP contribution in [0, 0.1) is 6.92 Å². The number of hydrogen-bond donors (Lipinski definition) is 2. The molecule has 0 bridgehead atoms. The fourth-order valence-corrected chi connectivity index (χ4v) is 2.44. The number of aryl methyl sites for hydroxylation is 1. The lowest BCUT2D eigenvalue weighted by Gasteiger charge is -2.07. The second-order valence-corrected chi connectivity index (χ2v) is 6.39. The van der Waals surface area contributed by atoms with Crippen LogP contribution >= 0.6 is 0 Å². The van der Waals surface area contributed by atoms with E-state index >= 15 is 0 Å². The van der Waals surface area contributed by atoms with Gasteiger partial charge in [0, 0.05) is 18.8 Å². The molecule has 1 fully saturated rings. The van der Waals surface area contributed by atoms with Gasteiger partial charge in [-0.2, -0.15) is 0 Å². The molecule has 1 aliphatic carbocycles. The molecule has 7 heteroatoms. The summed E-state index contributed by atoms with van der Waals surface area (Å²) in [4.78, 5) is 8.10. The van der Waals surface area contributed by atoms with Crippen LogP contribution in [-0.2, 0) is 16.6 Å². The highest BCUT2D eigenvalue weighted by atomic mass is 32.2. The molecule has 2 rings (SSSR count). The van der Waals surface area contributed by atoms with Crippen LogP contribution in [-0.4, -0.2) is 36.7 Å². The highest BCUT2D eigenvalue weighted by Gasteiger charge is 2.21. The first kappa shape index (κ1) is 13.4. The Morgan fingerprint density at radius 3 is 2.89 bits per heavy atom. The summed E-state index contributed by atoms with van der Waals surface area (Å²) in [6.07, 6.45) is 3.95. The highest BCUT2D eigenvalue weighted by molar-refractivity contribution is 7.89. The molecule has 100 valence electrons. The fraction of sp³-hybridized carbons (Fsp3) is 0.636. The third kappa shape index (κ3) is 4.67. The summed E-state index contributed by atoms with van der Waals surface area (Å²) in [5, 5.41) is 3.18. The largest absolute Gasteiger partial charge is 0.313 e. The first-order valence-electron chi connectivity index (χ1n) is 6.04. The Balaban J connectivity index is 1.76. The van der Waals surface area contributed by atoms with Crippen LogP contribution in [0.3, 0.4) is 0 Å². The van der Waals surface area contributed by atoms with Crippen LogP contribution in [0.5, 0.6) is 0 Å². The number of hydrogen-bond acceptors (Lipinski definition) is 5. The van der Waals surface area contributed by atoms with Crippen LogP contribution in [0.1, 0.15) is 24.4 Å². The van der Waals surface area contributed by atoms with E-state index in [1.165, 1.54) is 0 Å². The SMILES string of the molecule is Cc1nccc(CNS(=O)(=O)CCNC2CC2)n1. The molecule has 2 N–H and O–H groups in total. The average Bonchev–Trinajstić information content (AvgIpc) is 3.11. The lowest BCUT2D eigenvalue weighted by molar-refractivity contribution is 0.575. The molecule has 1 heterocycles. The van der Waals surface area contributed by atoms with Crippen LogP contribution < -0.4 is 10.0 Å². The molecule has 6 nitrogen and oxygen atoms in total. The van der Waals surface area contributed by atoms with E-state index in [1.807, 2.05) is 0 Å². The third-order valence-electron chi connectivity index (χ3n) is 2.69. The predicted octanol–water partition coefficient (Wildman–Crippen LogP) is -0.0436. The van der Waals surface area contributed by atoms with Crippen LogP contribution in [0.15, 0.2) is 12.3 Å². The van der Waals surface area contributed by atoms with Crippen molar-refractivity contribution in [1.29, 1.82) is 0 Å². The minimum absolute atomic E-state index is 0.105. The van der Waals surface area contributed by atoms with Crippen molar-refractivity contribution in [2.45, 2.75) is 32.4 Å². The number of aromatic nitrogens is 2. The zero-order valence-electron chi connectivity index (χ0n) is 10.4. The fourth-order valence-electron chi connectivity index (χ4n) is 1.54. The number of nitrogens with one attached hydrogen (secondary N) is 2. The van der Waals surface area contributed by atoms with Crippen molar-refractivity contribution in [3.63, 3.8) is 0 Å². The summed E-state index contributed by atoms with van der Waals surface area (Å²) in [5.41, 5.74) is 0.682. The standard InChI is InChI=1S/C11H18N4O2S/c1-9-12-5-4-11(15-9)8-14-18(16,17)7-6-13-10-2-3-10/h4-5,10,13-14H,2-3,6-8H2,1H3. The van der Waals surface area contributed by atoms with Crippen LogP contribution in [0.2, 0.25) is 0 Å². The monoisotopic (exact) mass is 270 g/mol. The average molecular weight is 270 g/mol. The predicted molar refractivity (Wildman–Crippen MR) is 68.4 cm³/mol. The van der Waals surface area contributed by atoms with Gasteiger partial charge >= 0.3 is 0 Å². The highest BCUT2D eigenvalue weighted by Crippen LogP contribution is 2.17. The second kappa shape index (κ2) is 5.73. The summed E-state index contributed by atoms with van der Waals surface area (Å²) in [5.74, 6) is 0.746. The van der Waals surface area contributed by atoms with Gasteiger partial charge in [-0.05, 0) is 25.8 Å². The van der Waals surface area contributed by atoms with Crippen molar-refractivity contribution in [2.24, 2.45) is 0 Å². The molecular weight excluding hydrogens is 252 g/mol. The molecular formula is C11H18N4O2S. The van der Waals surface area contributed by atoms with Crippen LogP contribution in [0.25, 0.3) is 0 Å². The maximum absolute atomic E-state index is 11.7. The molecule has 1 aliphatic rings. The maximum atomic E-state index is 11.7. The van der Waals surface area contributed by atoms with Crippen molar-refractivity contribution in [1.82, 2.24) is 20.0 Å². The van der Waals surface area contributed by atoms with E-state index in [0.717, 1.165) is 12.8 Å². The van der Waals surface area contributed by atoms with E-state index in [1.54, 1.807) is 19.2 Å². The number of nitrogens with zero attached hydrogens (tertiary/aromatic N) is 2. The van der Waals surface area contributed by atoms with Crippen molar-refractivity contribution in [2.75, 3.05) is 12.3 Å². The Morgan fingerprint density at radius 2 is 2.22 bits per heavy atom. The molecule has 0 unspecified atom stereocenters.